The molecule has 2 rings (SSSR count). The Labute approximate surface area is 123 Å². The van der Waals surface area contributed by atoms with Crippen LogP contribution in [0.25, 0.3) is 0 Å². The fourth-order valence-corrected chi connectivity index (χ4v) is 4.23. The second kappa shape index (κ2) is 5.91. The third kappa shape index (κ3) is 3.93. The van der Waals surface area contributed by atoms with Crippen LogP contribution in [0.2, 0.25) is 0 Å². The van der Waals surface area contributed by atoms with Gasteiger partial charge in [0.05, 0.1) is 6.26 Å². The molecule has 0 spiro atoms. The van der Waals surface area contributed by atoms with Gasteiger partial charge in [0.15, 0.2) is 0 Å². The lowest BCUT2D eigenvalue weighted by molar-refractivity contribution is 0.0449. The molecule has 2 saturated heterocycles. The van der Waals surface area contributed by atoms with E-state index < -0.39 is 10.0 Å². The van der Waals surface area contributed by atoms with Crippen LogP contribution in [-0.2, 0) is 10.0 Å². The third-order valence-electron chi connectivity index (χ3n) is 4.66. The van der Waals surface area contributed by atoms with E-state index in [1.54, 1.807) is 4.31 Å². The molecular weight excluding hydrogens is 274 g/mol. The molecule has 5 nitrogen and oxygen atoms in total. The minimum absolute atomic E-state index is 0.153. The van der Waals surface area contributed by atoms with Gasteiger partial charge in [-0.2, -0.15) is 0 Å². The Hall–Kier alpha value is -0.170. The normalized spacial score (nSPS) is 33.2. The zero-order chi connectivity index (χ0) is 15.0. The van der Waals surface area contributed by atoms with E-state index >= 15 is 0 Å². The van der Waals surface area contributed by atoms with Gasteiger partial charge in [0, 0.05) is 44.3 Å². The summed E-state index contributed by atoms with van der Waals surface area (Å²) in [5.41, 5.74) is 0.153. The van der Waals surface area contributed by atoms with E-state index in [4.69, 9.17) is 0 Å². The maximum Gasteiger partial charge on any atom is 0.211 e. The lowest BCUT2D eigenvalue weighted by Crippen LogP contribution is -2.62. The molecule has 0 amide bonds. The van der Waals surface area contributed by atoms with Gasteiger partial charge < -0.3 is 5.32 Å². The molecule has 0 aromatic heterocycles. The molecule has 2 unspecified atom stereocenters. The summed E-state index contributed by atoms with van der Waals surface area (Å²) in [5.74, 6) is 0.461. The third-order valence-corrected chi connectivity index (χ3v) is 5.93. The molecule has 2 aliphatic heterocycles. The molecule has 0 aromatic rings. The van der Waals surface area contributed by atoms with Gasteiger partial charge in [0.25, 0.3) is 0 Å². The summed E-state index contributed by atoms with van der Waals surface area (Å²) in [4.78, 5) is 2.53. The molecule has 20 heavy (non-hydrogen) atoms. The first-order chi connectivity index (χ1) is 9.18. The molecule has 6 heteroatoms. The van der Waals surface area contributed by atoms with E-state index in [9.17, 15) is 8.42 Å². The molecule has 1 N–H and O–H groups in total. The predicted octanol–water partition coefficient (Wildman–Crippen LogP) is 0.730. The van der Waals surface area contributed by atoms with Gasteiger partial charge in [-0.05, 0) is 39.5 Å². The minimum Gasteiger partial charge on any atom is -0.311 e. The second-order valence-corrected chi connectivity index (χ2v) is 9.11. The van der Waals surface area contributed by atoms with Gasteiger partial charge in [-0.1, -0.05) is 0 Å². The molecule has 118 valence electrons. The number of rotatable bonds is 3. The second-order valence-electron chi connectivity index (χ2n) is 7.13. The Bertz CT molecular complexity index is 436. The van der Waals surface area contributed by atoms with Crippen molar-refractivity contribution in [3.63, 3.8) is 0 Å². The van der Waals surface area contributed by atoms with E-state index in [-0.39, 0.29) is 5.54 Å². The van der Waals surface area contributed by atoms with E-state index in [0.29, 0.717) is 25.0 Å². The van der Waals surface area contributed by atoms with Gasteiger partial charge in [-0.3, -0.25) is 4.90 Å². The maximum absolute atomic E-state index is 11.7. The summed E-state index contributed by atoms with van der Waals surface area (Å²) < 4.78 is 25.1. The van der Waals surface area contributed by atoms with Crippen molar-refractivity contribution in [1.29, 1.82) is 0 Å². The van der Waals surface area contributed by atoms with Gasteiger partial charge in [0.1, 0.15) is 0 Å². The Morgan fingerprint density at radius 3 is 2.65 bits per heavy atom. The van der Waals surface area contributed by atoms with Crippen molar-refractivity contribution in [2.24, 2.45) is 5.92 Å². The van der Waals surface area contributed by atoms with Crippen molar-refractivity contribution in [2.45, 2.75) is 45.2 Å². The standard InChI is InChI=1S/C14H29N3O2S/c1-12-8-16(14(2,3)11-15-12)9-13-6-5-7-17(10-13)20(4,18)19/h12-13,15H,5-11H2,1-4H3. The number of hydrogen-bond acceptors (Lipinski definition) is 4. The van der Waals surface area contributed by atoms with Crippen molar-refractivity contribution in [3.05, 3.63) is 0 Å². The highest BCUT2D eigenvalue weighted by Crippen LogP contribution is 2.25. The summed E-state index contributed by atoms with van der Waals surface area (Å²) in [6, 6.07) is 0.512. The van der Waals surface area contributed by atoms with Crippen molar-refractivity contribution in [3.8, 4) is 0 Å². The zero-order valence-corrected chi connectivity index (χ0v) is 14.0. The number of nitrogens with one attached hydrogen (secondary N) is 1. The number of nitrogens with zero attached hydrogens (tertiary/aromatic N) is 2. The van der Waals surface area contributed by atoms with Crippen molar-refractivity contribution in [2.75, 3.05) is 39.0 Å². The average Bonchev–Trinajstić information content (AvgIpc) is 2.34. The fraction of sp³-hybridized carbons (Fsp3) is 1.00. The predicted molar refractivity (Wildman–Crippen MR) is 82.3 cm³/mol. The van der Waals surface area contributed by atoms with Gasteiger partial charge >= 0.3 is 0 Å². The van der Waals surface area contributed by atoms with Crippen LogP contribution in [0.15, 0.2) is 0 Å². The molecule has 0 bridgehead atoms. The van der Waals surface area contributed by atoms with E-state index in [1.165, 1.54) is 6.26 Å². The maximum atomic E-state index is 11.7. The fourth-order valence-electron chi connectivity index (χ4n) is 3.29. The van der Waals surface area contributed by atoms with Gasteiger partial charge in [-0.15, -0.1) is 0 Å². The molecule has 0 radical (unpaired) electrons. The highest BCUT2D eigenvalue weighted by molar-refractivity contribution is 7.88. The Kier molecular flexibility index (Phi) is 4.79. The zero-order valence-electron chi connectivity index (χ0n) is 13.2. The summed E-state index contributed by atoms with van der Waals surface area (Å²) in [7, 11) is -3.04. The highest BCUT2D eigenvalue weighted by atomic mass is 32.2. The highest BCUT2D eigenvalue weighted by Gasteiger charge is 2.35. The summed E-state index contributed by atoms with van der Waals surface area (Å²) in [5, 5.41) is 3.52. The minimum atomic E-state index is -3.04. The molecule has 0 aromatic carbocycles. The molecular formula is C14H29N3O2S. The SMILES string of the molecule is CC1CN(CC2CCCN(S(C)(=O)=O)C2)C(C)(C)CN1. The molecule has 0 aliphatic carbocycles. The van der Waals surface area contributed by atoms with Crippen LogP contribution in [0.5, 0.6) is 0 Å². The van der Waals surface area contributed by atoms with Crippen LogP contribution in [-0.4, -0.2) is 68.2 Å². The Morgan fingerprint density at radius 1 is 1.30 bits per heavy atom. The van der Waals surface area contributed by atoms with Gasteiger partial charge in [-0.25, -0.2) is 12.7 Å². The Morgan fingerprint density at radius 2 is 2.00 bits per heavy atom. The topological polar surface area (TPSA) is 52.7 Å². The lowest BCUT2D eigenvalue weighted by atomic mass is 9.93. The molecule has 0 saturated carbocycles. The number of hydrogen-bond donors (Lipinski definition) is 1. The first-order valence-electron chi connectivity index (χ1n) is 7.62. The number of piperazine rings is 1. The lowest BCUT2D eigenvalue weighted by Gasteiger charge is -2.47. The summed E-state index contributed by atoms with van der Waals surface area (Å²) in [6.07, 6.45) is 3.45. The quantitative estimate of drug-likeness (QED) is 0.835. The first kappa shape index (κ1) is 16.2. The molecule has 2 heterocycles. The van der Waals surface area contributed by atoms with Crippen LogP contribution in [0.4, 0.5) is 0 Å². The van der Waals surface area contributed by atoms with E-state index in [2.05, 4.69) is 31.0 Å². The Balaban J connectivity index is 1.98. The summed E-state index contributed by atoms with van der Waals surface area (Å²) >= 11 is 0. The van der Waals surface area contributed by atoms with Crippen LogP contribution in [0, 0.1) is 5.92 Å². The van der Waals surface area contributed by atoms with Crippen molar-refractivity contribution in [1.82, 2.24) is 14.5 Å². The number of piperidine rings is 1. The average molecular weight is 303 g/mol. The molecule has 2 fully saturated rings. The largest absolute Gasteiger partial charge is 0.311 e. The first-order valence-corrected chi connectivity index (χ1v) is 9.47. The smallest absolute Gasteiger partial charge is 0.211 e. The van der Waals surface area contributed by atoms with Gasteiger partial charge in [0.2, 0.25) is 10.0 Å². The van der Waals surface area contributed by atoms with E-state index in [0.717, 1.165) is 32.5 Å². The van der Waals surface area contributed by atoms with Crippen LogP contribution < -0.4 is 5.32 Å². The number of sulfonamides is 1. The van der Waals surface area contributed by atoms with Crippen molar-refractivity contribution >= 4 is 10.0 Å². The van der Waals surface area contributed by atoms with Crippen molar-refractivity contribution < 1.29 is 8.42 Å². The van der Waals surface area contributed by atoms with Crippen LogP contribution in [0.1, 0.15) is 33.6 Å². The summed E-state index contributed by atoms with van der Waals surface area (Å²) in [6.45, 7) is 11.2. The van der Waals surface area contributed by atoms with Crippen LogP contribution >= 0.6 is 0 Å². The van der Waals surface area contributed by atoms with E-state index in [1.807, 2.05) is 0 Å². The molecule has 2 atom stereocenters. The monoisotopic (exact) mass is 303 g/mol. The van der Waals surface area contributed by atoms with Crippen LogP contribution in [0.3, 0.4) is 0 Å². The molecule has 2 aliphatic rings.